The predicted molar refractivity (Wildman–Crippen MR) is 110 cm³/mol. The topological polar surface area (TPSA) is 79.8 Å². The Kier molecular flexibility index (Phi) is 6.47. The van der Waals surface area contributed by atoms with E-state index in [9.17, 15) is 18.0 Å². The molecule has 1 aromatic heterocycles. The standard InChI is InChI=1S/C13H18N4O2.C8H6F3NO/c1-2-14-12(17-7-13(8-17)9-19-10-13)15-11(1)16-3-5-18-6-4-16;9-8(10,11)12-7(13)6-4-2-1-3-5-6/h1-2H,3-10H2;1-5H,(H,12,13). The van der Waals surface area contributed by atoms with E-state index in [1.165, 1.54) is 24.3 Å². The number of benzene rings is 1. The number of anilines is 2. The van der Waals surface area contributed by atoms with Gasteiger partial charge in [0.05, 0.1) is 31.8 Å². The molecular formula is C21H24F3N5O3. The molecule has 8 nitrogen and oxygen atoms in total. The average molecular weight is 451 g/mol. The molecule has 1 aromatic carbocycles. The zero-order valence-corrected chi connectivity index (χ0v) is 17.3. The lowest BCUT2D eigenvalue weighted by Crippen LogP contribution is -2.66. The highest BCUT2D eigenvalue weighted by atomic mass is 19.4. The molecule has 172 valence electrons. The van der Waals surface area contributed by atoms with Crippen molar-refractivity contribution in [3.63, 3.8) is 0 Å². The third-order valence-corrected chi connectivity index (χ3v) is 5.41. The lowest BCUT2D eigenvalue weighted by Gasteiger charge is -2.54. The summed E-state index contributed by atoms with van der Waals surface area (Å²) in [6.07, 6.45) is -2.82. The first kappa shape index (κ1) is 22.3. The largest absolute Gasteiger partial charge is 0.484 e. The Morgan fingerprint density at radius 3 is 2.28 bits per heavy atom. The average Bonchev–Trinajstić information content (AvgIpc) is 2.73. The smallest absolute Gasteiger partial charge is 0.380 e. The van der Waals surface area contributed by atoms with Crippen LogP contribution in [0.5, 0.6) is 0 Å². The molecule has 11 heteroatoms. The second kappa shape index (κ2) is 9.29. The van der Waals surface area contributed by atoms with Crippen LogP contribution >= 0.6 is 0 Å². The first-order chi connectivity index (χ1) is 15.3. The van der Waals surface area contributed by atoms with E-state index in [1.54, 1.807) is 6.07 Å². The van der Waals surface area contributed by atoms with E-state index >= 15 is 0 Å². The van der Waals surface area contributed by atoms with Crippen LogP contribution in [0.4, 0.5) is 24.9 Å². The van der Waals surface area contributed by atoms with E-state index in [0.29, 0.717) is 5.41 Å². The minimum absolute atomic E-state index is 0.0141. The molecule has 0 aliphatic carbocycles. The molecule has 2 aromatic rings. The molecule has 0 unspecified atom stereocenters. The van der Waals surface area contributed by atoms with Gasteiger partial charge in [0.2, 0.25) is 5.95 Å². The number of rotatable bonds is 3. The van der Waals surface area contributed by atoms with Crippen LogP contribution in [0.2, 0.25) is 0 Å². The van der Waals surface area contributed by atoms with Crippen molar-refractivity contribution in [2.24, 2.45) is 5.41 Å². The number of carbonyl (C=O) groups excluding carboxylic acids is 1. The fraction of sp³-hybridized carbons (Fsp3) is 0.476. The summed E-state index contributed by atoms with van der Waals surface area (Å²) < 4.78 is 45.6. The Bertz CT molecular complexity index is 910. The fourth-order valence-electron chi connectivity index (χ4n) is 3.73. The third kappa shape index (κ3) is 5.46. The Hall–Kier alpha value is -2.92. The fourth-order valence-corrected chi connectivity index (χ4v) is 3.73. The maximum atomic E-state index is 11.7. The van der Waals surface area contributed by atoms with Crippen LogP contribution in [0.15, 0.2) is 42.6 Å². The molecular weight excluding hydrogens is 427 g/mol. The van der Waals surface area contributed by atoms with Crippen molar-refractivity contribution in [3.8, 4) is 0 Å². The van der Waals surface area contributed by atoms with Crippen LogP contribution in [0.1, 0.15) is 10.4 Å². The van der Waals surface area contributed by atoms with Gasteiger partial charge in [-0.2, -0.15) is 18.2 Å². The van der Waals surface area contributed by atoms with Gasteiger partial charge in [0.25, 0.3) is 5.91 Å². The van der Waals surface area contributed by atoms with Gasteiger partial charge in [-0.3, -0.25) is 10.1 Å². The highest BCUT2D eigenvalue weighted by Crippen LogP contribution is 2.39. The number of nitrogens with zero attached hydrogens (tertiary/aromatic N) is 4. The van der Waals surface area contributed by atoms with Gasteiger partial charge in [-0.05, 0) is 18.2 Å². The molecule has 3 saturated heterocycles. The number of nitrogens with one attached hydrogen (secondary N) is 1. The van der Waals surface area contributed by atoms with Gasteiger partial charge in [-0.25, -0.2) is 4.98 Å². The molecule has 0 bridgehead atoms. The van der Waals surface area contributed by atoms with E-state index < -0.39 is 12.2 Å². The maximum Gasteiger partial charge on any atom is 0.484 e. The molecule has 32 heavy (non-hydrogen) atoms. The van der Waals surface area contributed by atoms with Gasteiger partial charge < -0.3 is 19.3 Å². The van der Waals surface area contributed by atoms with E-state index in [2.05, 4.69) is 19.8 Å². The zero-order chi connectivity index (χ0) is 22.6. The van der Waals surface area contributed by atoms with Crippen molar-refractivity contribution in [2.75, 3.05) is 62.4 Å². The number of hydrogen-bond donors (Lipinski definition) is 1. The summed E-state index contributed by atoms with van der Waals surface area (Å²) in [5.41, 5.74) is 0.387. The Labute approximate surface area is 183 Å². The van der Waals surface area contributed by atoms with Gasteiger partial charge in [-0.1, -0.05) is 18.2 Å². The van der Waals surface area contributed by atoms with Gasteiger partial charge >= 0.3 is 6.30 Å². The zero-order valence-electron chi connectivity index (χ0n) is 17.3. The highest BCUT2D eigenvalue weighted by molar-refractivity contribution is 5.94. The summed E-state index contributed by atoms with van der Waals surface area (Å²) in [6.45, 7) is 7.23. The molecule has 3 aliphatic heterocycles. The summed E-state index contributed by atoms with van der Waals surface area (Å²) in [6, 6.07) is 9.19. The van der Waals surface area contributed by atoms with Gasteiger partial charge in [-0.15, -0.1) is 0 Å². The summed E-state index contributed by atoms with van der Waals surface area (Å²) in [5.74, 6) is 0.716. The minimum Gasteiger partial charge on any atom is -0.380 e. The van der Waals surface area contributed by atoms with Crippen molar-refractivity contribution in [1.29, 1.82) is 0 Å². The maximum absolute atomic E-state index is 11.7. The highest BCUT2D eigenvalue weighted by Gasteiger charge is 2.49. The number of amides is 1. The molecule has 0 radical (unpaired) electrons. The van der Waals surface area contributed by atoms with E-state index in [-0.39, 0.29) is 5.56 Å². The monoisotopic (exact) mass is 451 g/mol. The number of carbonyl (C=O) groups is 1. The van der Waals surface area contributed by atoms with Crippen LogP contribution in [0.25, 0.3) is 0 Å². The first-order valence-electron chi connectivity index (χ1n) is 10.3. The van der Waals surface area contributed by atoms with Crippen LogP contribution in [0, 0.1) is 5.41 Å². The molecule has 3 aliphatic rings. The molecule has 1 spiro atoms. The summed E-state index contributed by atoms with van der Waals surface area (Å²) >= 11 is 0. The second-order valence-corrected chi connectivity index (χ2v) is 7.98. The van der Waals surface area contributed by atoms with Gasteiger partial charge in [0.1, 0.15) is 5.82 Å². The van der Waals surface area contributed by atoms with Gasteiger partial charge in [0.15, 0.2) is 0 Å². The van der Waals surface area contributed by atoms with Crippen LogP contribution in [-0.4, -0.2) is 74.8 Å². The third-order valence-electron chi connectivity index (χ3n) is 5.41. The Morgan fingerprint density at radius 2 is 1.69 bits per heavy atom. The van der Waals surface area contributed by atoms with Crippen LogP contribution in [0.3, 0.4) is 0 Å². The molecule has 1 N–H and O–H groups in total. The Balaban J connectivity index is 0.000000166. The number of aromatic nitrogens is 2. The predicted octanol–water partition coefficient (Wildman–Crippen LogP) is 2.09. The lowest BCUT2D eigenvalue weighted by molar-refractivity contribution is -0.146. The summed E-state index contributed by atoms with van der Waals surface area (Å²) in [5, 5.41) is 0.896. The van der Waals surface area contributed by atoms with Gasteiger partial charge in [0, 0.05) is 37.9 Å². The van der Waals surface area contributed by atoms with E-state index in [4.69, 9.17) is 9.47 Å². The summed E-state index contributed by atoms with van der Waals surface area (Å²) in [4.78, 5) is 24.4. The van der Waals surface area contributed by atoms with Crippen molar-refractivity contribution >= 4 is 17.7 Å². The van der Waals surface area contributed by atoms with Crippen LogP contribution in [-0.2, 0) is 9.47 Å². The molecule has 0 saturated carbocycles. The lowest BCUT2D eigenvalue weighted by atomic mass is 9.78. The number of ether oxygens (including phenoxy) is 2. The van der Waals surface area contributed by atoms with Crippen molar-refractivity contribution in [2.45, 2.75) is 6.30 Å². The first-order valence-corrected chi connectivity index (χ1v) is 10.3. The Morgan fingerprint density at radius 1 is 1.00 bits per heavy atom. The normalized spacial score (nSPS) is 19.3. The van der Waals surface area contributed by atoms with Crippen LogP contribution < -0.4 is 15.1 Å². The molecule has 5 rings (SSSR count). The molecule has 4 heterocycles. The number of alkyl halides is 3. The van der Waals surface area contributed by atoms with E-state index in [1.807, 2.05) is 12.3 Å². The molecule has 3 fully saturated rings. The quantitative estimate of drug-likeness (QED) is 0.716. The number of hydrogen-bond acceptors (Lipinski definition) is 7. The van der Waals surface area contributed by atoms with Crippen molar-refractivity contribution in [3.05, 3.63) is 48.2 Å². The minimum atomic E-state index is -4.67. The second-order valence-electron chi connectivity index (χ2n) is 7.98. The molecule has 0 atom stereocenters. The summed E-state index contributed by atoms with van der Waals surface area (Å²) in [7, 11) is 0. The molecule has 1 amide bonds. The van der Waals surface area contributed by atoms with Crippen molar-refractivity contribution < 1.29 is 27.4 Å². The van der Waals surface area contributed by atoms with Crippen molar-refractivity contribution in [1.82, 2.24) is 15.3 Å². The number of morpholine rings is 1. The van der Waals surface area contributed by atoms with E-state index in [0.717, 1.165) is 69.7 Å². The number of halogens is 3. The SMILES string of the molecule is O=C(NC(F)(F)F)c1ccccc1.c1cc(N2CCOCC2)nc(N2CC3(COC3)C2)n1.